The van der Waals surface area contributed by atoms with E-state index < -0.39 is 11.7 Å². The maximum absolute atomic E-state index is 12.3. The first kappa shape index (κ1) is 20.3. The largest absolute Gasteiger partial charge is 0.443 e. The molecule has 5 heteroatoms. The van der Waals surface area contributed by atoms with Crippen molar-refractivity contribution >= 4 is 11.9 Å². The molecule has 150 valence electrons. The van der Waals surface area contributed by atoms with Crippen molar-refractivity contribution in [1.29, 1.82) is 0 Å². The third kappa shape index (κ3) is 5.32. The summed E-state index contributed by atoms with van der Waals surface area (Å²) in [5.74, 6) is 0.600. The topological polar surface area (TPSA) is 45.7 Å². The van der Waals surface area contributed by atoms with Gasteiger partial charge in [0.2, 0.25) is 0 Å². The van der Waals surface area contributed by atoms with Crippen LogP contribution < -0.4 is 4.90 Å². The van der Waals surface area contributed by atoms with Crippen LogP contribution in [0.2, 0.25) is 0 Å². The van der Waals surface area contributed by atoms with E-state index in [-0.39, 0.29) is 0 Å². The van der Waals surface area contributed by atoms with Crippen molar-refractivity contribution in [3.05, 3.63) is 59.8 Å². The van der Waals surface area contributed by atoms with Crippen LogP contribution in [-0.4, -0.2) is 35.2 Å². The molecule has 1 aromatic carbocycles. The highest BCUT2D eigenvalue weighted by Gasteiger charge is 2.25. The van der Waals surface area contributed by atoms with Crippen molar-refractivity contribution < 1.29 is 9.53 Å². The van der Waals surface area contributed by atoms with Gasteiger partial charge in [0.25, 0.3) is 0 Å². The van der Waals surface area contributed by atoms with Crippen LogP contribution in [0.1, 0.15) is 57.2 Å². The first-order chi connectivity index (χ1) is 13.3. The monoisotopic (exact) mass is 381 g/mol. The lowest BCUT2D eigenvalue weighted by Gasteiger charge is -2.36. The van der Waals surface area contributed by atoms with Gasteiger partial charge in [-0.1, -0.05) is 42.8 Å². The van der Waals surface area contributed by atoms with Gasteiger partial charge >= 0.3 is 6.09 Å². The minimum atomic E-state index is -0.522. The van der Waals surface area contributed by atoms with Gasteiger partial charge in [-0.05, 0) is 57.4 Å². The summed E-state index contributed by atoms with van der Waals surface area (Å²) in [5, 5.41) is 0. The van der Waals surface area contributed by atoms with Crippen LogP contribution in [0, 0.1) is 0 Å². The summed E-state index contributed by atoms with van der Waals surface area (Å²) < 4.78 is 5.42. The first-order valence-electron chi connectivity index (χ1n) is 10.0. The van der Waals surface area contributed by atoms with Gasteiger partial charge in [0.15, 0.2) is 0 Å². The van der Waals surface area contributed by atoms with E-state index in [1.807, 2.05) is 33.0 Å². The highest BCUT2D eigenvalue weighted by molar-refractivity contribution is 5.85. The number of nitrogens with zero attached hydrogens (tertiary/aromatic N) is 3. The van der Waals surface area contributed by atoms with E-state index in [0.29, 0.717) is 11.9 Å². The molecule has 1 saturated heterocycles. The molecule has 0 aliphatic carbocycles. The van der Waals surface area contributed by atoms with Gasteiger partial charge in [-0.2, -0.15) is 0 Å². The predicted octanol–water partition coefficient (Wildman–Crippen LogP) is 5.18. The highest BCUT2D eigenvalue weighted by atomic mass is 16.6. The van der Waals surface area contributed by atoms with Crippen molar-refractivity contribution in [1.82, 2.24) is 9.88 Å². The molecule has 1 aliphatic heterocycles. The number of aromatic nitrogens is 1. The Hall–Kier alpha value is -2.40. The van der Waals surface area contributed by atoms with Gasteiger partial charge in [0.05, 0.1) is 0 Å². The number of hydrogen-bond acceptors (Lipinski definition) is 4. The average molecular weight is 382 g/mol. The Labute approximate surface area is 168 Å². The molecule has 1 amide bonds. The maximum atomic E-state index is 12.3. The molecule has 1 aromatic heterocycles. The Balaban J connectivity index is 1.71. The summed E-state index contributed by atoms with van der Waals surface area (Å²) in [4.78, 5) is 20.8. The molecule has 2 aromatic rings. The van der Waals surface area contributed by atoms with Crippen LogP contribution in [0.3, 0.4) is 0 Å². The van der Waals surface area contributed by atoms with Crippen LogP contribution in [0.25, 0.3) is 0 Å². The number of benzene rings is 1. The molecule has 0 N–H and O–H groups in total. The molecule has 2 heterocycles. The lowest BCUT2D eigenvalue weighted by atomic mass is 9.95. The van der Waals surface area contributed by atoms with E-state index in [2.05, 4.69) is 46.3 Å². The summed E-state index contributed by atoms with van der Waals surface area (Å²) >= 11 is 0. The molecule has 0 saturated carbocycles. The fraction of sp³-hybridized carbons (Fsp3) is 0.478. The summed E-state index contributed by atoms with van der Waals surface area (Å²) in [7, 11) is 1.69. The Morgan fingerprint density at radius 2 is 1.93 bits per heavy atom. The molecular weight excluding hydrogens is 350 g/mol. The molecule has 0 radical (unpaired) electrons. The normalized spacial score (nSPS) is 17.9. The molecule has 28 heavy (non-hydrogen) atoms. The molecular formula is C23H31N3O2. The van der Waals surface area contributed by atoms with Crippen LogP contribution in [-0.2, 0) is 11.3 Å². The zero-order valence-electron chi connectivity index (χ0n) is 17.4. The second kappa shape index (κ2) is 8.74. The number of likely N-dealkylation sites (tertiary alicyclic amines) is 1. The predicted molar refractivity (Wildman–Crippen MR) is 112 cm³/mol. The minimum absolute atomic E-state index is 0.363. The standard InChI is InChI=1S/C23H31N3O2/c1-23(2,3)28-22(27)25(4)21-14-13-19(16-24-21)20-12-8-9-15-26(20)17-18-10-6-5-7-11-18/h5-7,10-11,13-14,16,20H,8-9,12,15,17H2,1-4H3/t20-/m0/s1. The summed E-state index contributed by atoms with van der Waals surface area (Å²) in [6.45, 7) is 7.63. The van der Waals surface area contributed by atoms with Crippen LogP contribution in [0.5, 0.6) is 0 Å². The second-order valence-electron chi connectivity index (χ2n) is 8.46. The first-order valence-corrected chi connectivity index (χ1v) is 10.0. The van der Waals surface area contributed by atoms with Crippen molar-refractivity contribution in [2.24, 2.45) is 0 Å². The summed E-state index contributed by atoms with van der Waals surface area (Å²) in [6.07, 6.45) is 5.11. The second-order valence-corrected chi connectivity index (χ2v) is 8.46. The third-order valence-corrected chi connectivity index (χ3v) is 5.01. The number of hydrogen-bond donors (Lipinski definition) is 0. The summed E-state index contributed by atoms with van der Waals surface area (Å²) in [5.41, 5.74) is 2.02. The van der Waals surface area contributed by atoms with E-state index in [0.717, 1.165) is 19.5 Å². The van der Waals surface area contributed by atoms with E-state index in [4.69, 9.17) is 4.74 Å². The number of amides is 1. The fourth-order valence-corrected chi connectivity index (χ4v) is 3.59. The number of pyridine rings is 1. The molecule has 1 atom stereocenters. The van der Waals surface area contributed by atoms with Gasteiger partial charge < -0.3 is 4.74 Å². The van der Waals surface area contributed by atoms with Gasteiger partial charge in [0.1, 0.15) is 11.4 Å². The molecule has 5 nitrogen and oxygen atoms in total. The van der Waals surface area contributed by atoms with Gasteiger partial charge in [0, 0.05) is 25.8 Å². The molecule has 1 fully saturated rings. The summed E-state index contributed by atoms with van der Waals surface area (Å²) in [6, 6.07) is 15.0. The molecule has 0 unspecified atom stereocenters. The maximum Gasteiger partial charge on any atom is 0.415 e. The van der Waals surface area contributed by atoms with Crippen LogP contribution in [0.4, 0.5) is 10.6 Å². The van der Waals surface area contributed by atoms with Gasteiger partial charge in [-0.25, -0.2) is 9.78 Å². The zero-order chi connectivity index (χ0) is 20.1. The quantitative estimate of drug-likeness (QED) is 0.732. The average Bonchev–Trinajstić information content (AvgIpc) is 2.67. The SMILES string of the molecule is CN(C(=O)OC(C)(C)C)c1ccc([C@@H]2CCCCN2Cc2ccccc2)cn1. The van der Waals surface area contributed by atoms with E-state index in [1.54, 1.807) is 7.05 Å². The molecule has 0 spiro atoms. The van der Waals surface area contributed by atoms with Gasteiger partial charge in [-0.15, -0.1) is 0 Å². The highest BCUT2D eigenvalue weighted by Crippen LogP contribution is 2.32. The van der Waals surface area contributed by atoms with Crippen molar-refractivity contribution in [2.75, 3.05) is 18.5 Å². The van der Waals surface area contributed by atoms with Crippen LogP contribution >= 0.6 is 0 Å². The van der Waals surface area contributed by atoms with E-state index in [1.165, 1.54) is 28.9 Å². The zero-order valence-corrected chi connectivity index (χ0v) is 17.4. The smallest absolute Gasteiger partial charge is 0.415 e. The number of piperidine rings is 1. The van der Waals surface area contributed by atoms with Crippen molar-refractivity contribution in [3.8, 4) is 0 Å². The lowest BCUT2D eigenvalue weighted by Crippen LogP contribution is -2.35. The fourth-order valence-electron chi connectivity index (χ4n) is 3.59. The van der Waals surface area contributed by atoms with Crippen molar-refractivity contribution in [2.45, 2.75) is 58.2 Å². The Kier molecular flexibility index (Phi) is 6.35. The number of carbonyl (C=O) groups is 1. The Morgan fingerprint density at radius 1 is 1.18 bits per heavy atom. The molecule has 3 rings (SSSR count). The molecule has 1 aliphatic rings. The number of rotatable bonds is 4. The number of anilines is 1. The van der Waals surface area contributed by atoms with E-state index >= 15 is 0 Å². The Morgan fingerprint density at radius 3 is 2.57 bits per heavy atom. The Bertz CT molecular complexity index is 769. The van der Waals surface area contributed by atoms with Gasteiger partial charge in [-0.3, -0.25) is 9.80 Å². The van der Waals surface area contributed by atoms with Crippen molar-refractivity contribution in [3.63, 3.8) is 0 Å². The third-order valence-electron chi connectivity index (χ3n) is 5.01. The minimum Gasteiger partial charge on any atom is -0.443 e. The van der Waals surface area contributed by atoms with E-state index in [9.17, 15) is 4.79 Å². The molecule has 0 bridgehead atoms. The number of carbonyl (C=O) groups excluding carboxylic acids is 1. The number of ether oxygens (including phenoxy) is 1. The van der Waals surface area contributed by atoms with Crippen LogP contribution in [0.15, 0.2) is 48.7 Å². The lowest BCUT2D eigenvalue weighted by molar-refractivity contribution is 0.0588.